The lowest BCUT2D eigenvalue weighted by Crippen LogP contribution is -2.56. The number of fused-ring (bicyclic) bond motifs is 2. The Balaban J connectivity index is 0.00000127. The van der Waals surface area contributed by atoms with Crippen molar-refractivity contribution in [3.05, 3.63) is 0 Å². The molecule has 0 aromatic carbocycles. The molecule has 1 saturated heterocycles. The average molecular weight is 326 g/mol. The molecule has 0 unspecified atom stereocenters. The van der Waals surface area contributed by atoms with E-state index in [0.29, 0.717) is 23.9 Å². The predicted molar refractivity (Wildman–Crippen MR) is 92.1 cm³/mol. The van der Waals surface area contributed by atoms with Gasteiger partial charge in [-0.15, -0.1) is 0 Å². The number of piperidine rings is 1. The zero-order valence-corrected chi connectivity index (χ0v) is 15.8. The first-order valence-electron chi connectivity index (χ1n) is 9.07. The number of amides is 2. The zero-order chi connectivity index (χ0) is 17.7. The second kappa shape index (κ2) is 8.55. The van der Waals surface area contributed by atoms with E-state index in [1.54, 1.807) is 0 Å². The molecule has 0 aromatic heterocycles. The highest BCUT2D eigenvalue weighted by Crippen LogP contribution is 2.47. The second-order valence-corrected chi connectivity index (χ2v) is 6.85. The number of methoxy groups -OCH3 is 1. The first-order chi connectivity index (χ1) is 10.9. The van der Waals surface area contributed by atoms with Gasteiger partial charge in [0.05, 0.1) is 7.11 Å². The molecule has 0 aromatic rings. The fourth-order valence-electron chi connectivity index (χ4n) is 4.19. The SMILES string of the molecule is CC.CC[C@@H]1[C@@H]2C[C@@H](C[C@H]2C)N1C(=O)[C@@H](NC(=O)OC)C(C)C. The van der Waals surface area contributed by atoms with Crippen LogP contribution in [0.3, 0.4) is 0 Å². The molecule has 2 bridgehead atoms. The van der Waals surface area contributed by atoms with Crippen LogP contribution in [-0.4, -0.2) is 42.1 Å². The summed E-state index contributed by atoms with van der Waals surface area (Å²) < 4.78 is 4.66. The minimum absolute atomic E-state index is 0.0469. The minimum atomic E-state index is -0.534. The van der Waals surface area contributed by atoms with E-state index >= 15 is 0 Å². The quantitative estimate of drug-likeness (QED) is 0.861. The van der Waals surface area contributed by atoms with Crippen molar-refractivity contribution in [2.75, 3.05) is 7.11 Å². The van der Waals surface area contributed by atoms with Crippen LogP contribution in [0.15, 0.2) is 0 Å². The molecule has 2 amide bonds. The smallest absolute Gasteiger partial charge is 0.407 e. The van der Waals surface area contributed by atoms with Gasteiger partial charge in [-0.3, -0.25) is 4.79 Å². The number of carbonyl (C=O) groups is 2. The summed E-state index contributed by atoms with van der Waals surface area (Å²) >= 11 is 0. The van der Waals surface area contributed by atoms with Crippen molar-refractivity contribution >= 4 is 12.0 Å². The molecule has 5 atom stereocenters. The van der Waals surface area contributed by atoms with Gasteiger partial charge in [0.1, 0.15) is 6.04 Å². The summed E-state index contributed by atoms with van der Waals surface area (Å²) in [7, 11) is 1.32. The highest BCUT2D eigenvalue weighted by molar-refractivity contribution is 5.86. The molecule has 2 rings (SSSR count). The Hall–Kier alpha value is -1.26. The average Bonchev–Trinajstić information content (AvgIpc) is 3.09. The molecular weight excluding hydrogens is 292 g/mol. The summed E-state index contributed by atoms with van der Waals surface area (Å²) in [5.41, 5.74) is 0. The van der Waals surface area contributed by atoms with Crippen molar-refractivity contribution in [1.29, 1.82) is 0 Å². The van der Waals surface area contributed by atoms with Crippen LogP contribution in [0, 0.1) is 17.8 Å². The Labute approximate surface area is 141 Å². The third-order valence-corrected chi connectivity index (χ3v) is 5.23. The zero-order valence-electron chi connectivity index (χ0n) is 15.8. The Morgan fingerprint density at radius 1 is 1.26 bits per heavy atom. The molecule has 1 N–H and O–H groups in total. The van der Waals surface area contributed by atoms with Crippen LogP contribution < -0.4 is 5.32 Å². The third-order valence-electron chi connectivity index (χ3n) is 5.23. The Morgan fingerprint density at radius 2 is 1.87 bits per heavy atom. The van der Waals surface area contributed by atoms with Gasteiger partial charge in [-0.05, 0) is 37.0 Å². The first kappa shape index (κ1) is 19.8. The number of hydrogen-bond donors (Lipinski definition) is 1. The van der Waals surface area contributed by atoms with Crippen LogP contribution >= 0.6 is 0 Å². The minimum Gasteiger partial charge on any atom is -0.453 e. The fraction of sp³-hybridized carbons (Fsp3) is 0.889. The first-order valence-corrected chi connectivity index (χ1v) is 9.07. The van der Waals surface area contributed by atoms with Crippen LogP contribution in [0.2, 0.25) is 0 Å². The molecule has 1 saturated carbocycles. The summed E-state index contributed by atoms with van der Waals surface area (Å²) in [6.07, 6.45) is 2.66. The summed E-state index contributed by atoms with van der Waals surface area (Å²) in [4.78, 5) is 26.5. The second-order valence-electron chi connectivity index (χ2n) is 6.85. The van der Waals surface area contributed by atoms with Gasteiger partial charge >= 0.3 is 6.09 Å². The van der Waals surface area contributed by atoms with Crippen LogP contribution in [-0.2, 0) is 9.53 Å². The Bertz CT molecular complexity index is 411. The molecule has 2 aliphatic rings. The van der Waals surface area contributed by atoms with E-state index in [2.05, 4.69) is 28.8 Å². The molecule has 1 aliphatic heterocycles. The van der Waals surface area contributed by atoms with Crippen molar-refractivity contribution in [2.45, 2.75) is 78.9 Å². The molecule has 23 heavy (non-hydrogen) atoms. The number of hydrogen-bond acceptors (Lipinski definition) is 3. The van der Waals surface area contributed by atoms with Gasteiger partial charge in [-0.1, -0.05) is 41.5 Å². The van der Waals surface area contributed by atoms with Gasteiger partial charge in [0.25, 0.3) is 0 Å². The van der Waals surface area contributed by atoms with E-state index in [0.717, 1.165) is 19.3 Å². The van der Waals surface area contributed by atoms with E-state index in [4.69, 9.17) is 0 Å². The number of nitrogens with zero attached hydrogens (tertiary/aromatic N) is 1. The molecular formula is C18H34N2O3. The van der Waals surface area contributed by atoms with Gasteiger partial charge in [0.15, 0.2) is 0 Å². The maximum atomic E-state index is 13.0. The summed E-state index contributed by atoms with van der Waals surface area (Å²) in [6.45, 7) is 12.4. The summed E-state index contributed by atoms with van der Waals surface area (Å²) in [5, 5.41) is 2.71. The standard InChI is InChI=1S/C16H28N2O3.C2H6/c1-6-13-12-8-11(7-10(12)4)18(13)15(19)14(9(2)3)17-16(20)21-5;1-2/h9-14H,6-8H2,1-5H3,(H,17,20);1-2H3/t10-,11-,12-,13-,14+;/m1./s1. The van der Waals surface area contributed by atoms with Crippen LogP contribution in [0.1, 0.15) is 60.8 Å². The number of likely N-dealkylation sites (tertiary alicyclic amines) is 1. The van der Waals surface area contributed by atoms with E-state index in [1.165, 1.54) is 7.11 Å². The topological polar surface area (TPSA) is 58.6 Å². The summed E-state index contributed by atoms with van der Waals surface area (Å²) in [5.74, 6) is 1.43. The van der Waals surface area contributed by atoms with Gasteiger partial charge in [-0.2, -0.15) is 0 Å². The Kier molecular flexibility index (Phi) is 7.36. The largest absolute Gasteiger partial charge is 0.453 e. The lowest BCUT2D eigenvalue weighted by Gasteiger charge is -2.40. The number of carbonyl (C=O) groups excluding carboxylic acids is 2. The molecule has 0 radical (unpaired) electrons. The number of ether oxygens (including phenoxy) is 1. The molecule has 0 spiro atoms. The molecule has 5 heteroatoms. The lowest BCUT2D eigenvalue weighted by molar-refractivity contribution is -0.139. The van der Waals surface area contributed by atoms with Gasteiger partial charge < -0.3 is 15.0 Å². The van der Waals surface area contributed by atoms with E-state index in [-0.39, 0.29) is 11.8 Å². The van der Waals surface area contributed by atoms with Crippen LogP contribution in [0.25, 0.3) is 0 Å². The molecule has 1 aliphatic carbocycles. The monoisotopic (exact) mass is 326 g/mol. The number of nitrogens with one attached hydrogen (secondary N) is 1. The van der Waals surface area contributed by atoms with Crippen LogP contribution in [0.5, 0.6) is 0 Å². The van der Waals surface area contributed by atoms with E-state index < -0.39 is 12.1 Å². The fourth-order valence-corrected chi connectivity index (χ4v) is 4.19. The number of alkyl carbamates (subject to hydrolysis) is 1. The maximum Gasteiger partial charge on any atom is 0.407 e. The van der Waals surface area contributed by atoms with Crippen molar-refractivity contribution in [3.63, 3.8) is 0 Å². The molecule has 1 heterocycles. The normalized spacial score (nSPS) is 29.8. The molecule has 134 valence electrons. The maximum absolute atomic E-state index is 13.0. The third kappa shape index (κ3) is 3.99. The molecule has 5 nitrogen and oxygen atoms in total. The highest BCUT2D eigenvalue weighted by Gasteiger charge is 2.51. The van der Waals surface area contributed by atoms with E-state index in [9.17, 15) is 9.59 Å². The van der Waals surface area contributed by atoms with Crippen molar-refractivity contribution in [1.82, 2.24) is 10.2 Å². The predicted octanol–water partition coefficient (Wildman–Crippen LogP) is 3.43. The van der Waals surface area contributed by atoms with Crippen molar-refractivity contribution in [3.8, 4) is 0 Å². The van der Waals surface area contributed by atoms with Gasteiger partial charge in [-0.25, -0.2) is 4.79 Å². The van der Waals surface area contributed by atoms with Gasteiger partial charge in [0, 0.05) is 12.1 Å². The van der Waals surface area contributed by atoms with Crippen molar-refractivity contribution < 1.29 is 14.3 Å². The van der Waals surface area contributed by atoms with Crippen LogP contribution in [0.4, 0.5) is 4.79 Å². The van der Waals surface area contributed by atoms with E-state index in [1.807, 2.05) is 27.7 Å². The van der Waals surface area contributed by atoms with Gasteiger partial charge in [0.2, 0.25) is 5.91 Å². The molecule has 2 fully saturated rings. The number of rotatable bonds is 4. The summed E-state index contributed by atoms with van der Waals surface area (Å²) in [6, 6.07) is 0.177. The highest BCUT2D eigenvalue weighted by atomic mass is 16.5. The van der Waals surface area contributed by atoms with Crippen molar-refractivity contribution in [2.24, 2.45) is 17.8 Å². The Morgan fingerprint density at radius 3 is 2.35 bits per heavy atom. The lowest BCUT2D eigenvalue weighted by atomic mass is 9.87.